The average Bonchev–Trinajstić information content (AvgIpc) is 3.32. The molecule has 0 saturated carbocycles. The van der Waals surface area contributed by atoms with E-state index < -0.39 is 0 Å². The van der Waals surface area contributed by atoms with Gasteiger partial charge in [-0.05, 0) is 24.3 Å². The van der Waals surface area contributed by atoms with E-state index in [1.54, 1.807) is 46.0 Å². The van der Waals surface area contributed by atoms with E-state index in [2.05, 4.69) is 35.6 Å². The Bertz CT molecular complexity index is 1430. The Kier molecular flexibility index (Phi) is 5.23. The predicted octanol–water partition coefficient (Wildman–Crippen LogP) is 4.41. The van der Waals surface area contributed by atoms with Crippen LogP contribution < -0.4 is 24.8 Å². The van der Waals surface area contributed by atoms with Crippen molar-refractivity contribution in [2.24, 2.45) is 0 Å². The van der Waals surface area contributed by atoms with E-state index in [4.69, 9.17) is 14.2 Å². The molecular formula is C23H21N7O3. The summed E-state index contributed by atoms with van der Waals surface area (Å²) in [6, 6.07) is 13.4. The van der Waals surface area contributed by atoms with Crippen LogP contribution in [0.1, 0.15) is 0 Å². The van der Waals surface area contributed by atoms with Crippen molar-refractivity contribution >= 4 is 45.2 Å². The van der Waals surface area contributed by atoms with Crippen LogP contribution in [0.4, 0.5) is 23.1 Å². The summed E-state index contributed by atoms with van der Waals surface area (Å²) in [5.74, 6) is 2.49. The first-order valence-electron chi connectivity index (χ1n) is 10.1. The molecule has 0 radical (unpaired) electrons. The van der Waals surface area contributed by atoms with Crippen LogP contribution in [0.2, 0.25) is 0 Å². The molecule has 3 N–H and O–H groups in total. The van der Waals surface area contributed by atoms with Crippen molar-refractivity contribution in [3.8, 4) is 17.2 Å². The molecule has 0 spiro atoms. The van der Waals surface area contributed by atoms with Gasteiger partial charge in [0.05, 0.1) is 33.2 Å². The van der Waals surface area contributed by atoms with Crippen molar-refractivity contribution in [3.63, 3.8) is 0 Å². The van der Waals surface area contributed by atoms with Gasteiger partial charge in [0.15, 0.2) is 23.0 Å². The zero-order chi connectivity index (χ0) is 22.8. The third-order valence-corrected chi connectivity index (χ3v) is 5.07. The van der Waals surface area contributed by atoms with Crippen molar-refractivity contribution in [3.05, 3.63) is 55.0 Å². The number of fused-ring (bicyclic) bond motifs is 2. The number of aromatic amines is 1. The van der Waals surface area contributed by atoms with E-state index in [0.29, 0.717) is 45.9 Å². The summed E-state index contributed by atoms with van der Waals surface area (Å²) in [5.41, 5.74) is 3.63. The molecule has 33 heavy (non-hydrogen) atoms. The molecule has 0 unspecified atom stereocenters. The van der Waals surface area contributed by atoms with Gasteiger partial charge in [0.2, 0.25) is 11.7 Å². The topological polar surface area (TPSA) is 119 Å². The van der Waals surface area contributed by atoms with Crippen molar-refractivity contribution in [1.29, 1.82) is 0 Å². The number of H-pyrrole nitrogens is 1. The van der Waals surface area contributed by atoms with Gasteiger partial charge in [-0.2, -0.15) is 9.97 Å². The van der Waals surface area contributed by atoms with E-state index in [-0.39, 0.29) is 0 Å². The molecule has 0 aliphatic heterocycles. The molecule has 5 rings (SSSR count). The fraction of sp³-hybridized carbons (Fsp3) is 0.130. The smallest absolute Gasteiger partial charge is 0.231 e. The van der Waals surface area contributed by atoms with Crippen molar-refractivity contribution < 1.29 is 14.2 Å². The Balaban J connectivity index is 1.52. The number of aromatic nitrogens is 5. The van der Waals surface area contributed by atoms with Gasteiger partial charge in [-0.3, -0.25) is 4.98 Å². The van der Waals surface area contributed by atoms with Gasteiger partial charge in [-0.25, -0.2) is 4.98 Å². The maximum atomic E-state index is 5.45. The third-order valence-electron chi connectivity index (χ3n) is 5.07. The maximum absolute atomic E-state index is 5.45. The van der Waals surface area contributed by atoms with Crippen LogP contribution >= 0.6 is 0 Å². The number of nitrogens with zero attached hydrogens (tertiary/aromatic N) is 4. The monoisotopic (exact) mass is 443 g/mol. The number of nitrogens with one attached hydrogen (secondary N) is 3. The van der Waals surface area contributed by atoms with Gasteiger partial charge in [0, 0.05) is 35.1 Å². The molecule has 5 aromatic rings. The highest BCUT2D eigenvalue weighted by molar-refractivity contribution is 5.87. The molecule has 2 aromatic carbocycles. The molecule has 0 amide bonds. The molecule has 0 atom stereocenters. The summed E-state index contributed by atoms with van der Waals surface area (Å²) in [4.78, 5) is 20.9. The summed E-state index contributed by atoms with van der Waals surface area (Å²) in [7, 11) is 4.70. The molecule has 0 aliphatic carbocycles. The SMILES string of the molecule is COc1cc(Nc2nc(Nc3ccc4ncccc4c3)nc3nc[nH]c23)cc(OC)c1OC. The summed E-state index contributed by atoms with van der Waals surface area (Å²) in [6.07, 6.45) is 3.34. The van der Waals surface area contributed by atoms with Crippen molar-refractivity contribution in [2.45, 2.75) is 0 Å². The highest BCUT2D eigenvalue weighted by Crippen LogP contribution is 2.41. The number of methoxy groups -OCH3 is 3. The van der Waals surface area contributed by atoms with Crippen LogP contribution in [0.5, 0.6) is 17.2 Å². The van der Waals surface area contributed by atoms with E-state index in [0.717, 1.165) is 16.6 Å². The number of pyridine rings is 1. The Labute approximate surface area is 189 Å². The lowest BCUT2D eigenvalue weighted by molar-refractivity contribution is 0.324. The number of benzene rings is 2. The lowest BCUT2D eigenvalue weighted by Gasteiger charge is -2.15. The number of hydrogen-bond acceptors (Lipinski definition) is 9. The fourth-order valence-electron chi connectivity index (χ4n) is 3.55. The quantitative estimate of drug-likeness (QED) is 0.336. The van der Waals surface area contributed by atoms with Gasteiger partial charge in [-0.15, -0.1) is 0 Å². The van der Waals surface area contributed by atoms with E-state index in [9.17, 15) is 0 Å². The van der Waals surface area contributed by atoms with Crippen LogP contribution in [0.25, 0.3) is 22.1 Å². The first kappa shape index (κ1) is 20.3. The van der Waals surface area contributed by atoms with E-state index in [1.807, 2.05) is 30.3 Å². The van der Waals surface area contributed by atoms with Crippen LogP contribution in [0.3, 0.4) is 0 Å². The standard InChI is InChI=1S/C23H21N7O3/c1-31-17-10-15(11-18(32-2)20(17)33-3)27-22-19-21(26-12-25-19)29-23(30-22)28-14-6-7-16-13(9-14)5-4-8-24-16/h4-12H,1-3H3,(H3,25,26,27,28,29,30). The normalized spacial score (nSPS) is 10.9. The first-order chi connectivity index (χ1) is 16.2. The van der Waals surface area contributed by atoms with Gasteiger partial charge in [-0.1, -0.05) is 6.07 Å². The number of hydrogen-bond donors (Lipinski definition) is 3. The van der Waals surface area contributed by atoms with Gasteiger partial charge >= 0.3 is 0 Å². The molecular weight excluding hydrogens is 422 g/mol. The summed E-state index contributed by atoms with van der Waals surface area (Å²) < 4.78 is 16.3. The minimum atomic E-state index is 0.396. The van der Waals surface area contributed by atoms with Crippen molar-refractivity contribution in [2.75, 3.05) is 32.0 Å². The number of rotatable bonds is 7. The maximum Gasteiger partial charge on any atom is 0.231 e. The number of imidazole rings is 1. The Morgan fingerprint density at radius 1 is 0.818 bits per heavy atom. The van der Waals surface area contributed by atoms with E-state index in [1.165, 1.54) is 0 Å². The Morgan fingerprint density at radius 3 is 2.39 bits per heavy atom. The van der Waals surface area contributed by atoms with E-state index >= 15 is 0 Å². The molecule has 0 aliphatic rings. The molecule has 10 nitrogen and oxygen atoms in total. The van der Waals surface area contributed by atoms with Gasteiger partial charge in [0.1, 0.15) is 5.52 Å². The molecule has 3 heterocycles. The summed E-state index contributed by atoms with van der Waals surface area (Å²) >= 11 is 0. The Hall–Kier alpha value is -4.60. The van der Waals surface area contributed by atoms with Gasteiger partial charge in [0.25, 0.3) is 0 Å². The lowest BCUT2D eigenvalue weighted by Crippen LogP contribution is -2.03. The highest BCUT2D eigenvalue weighted by Gasteiger charge is 2.16. The first-order valence-corrected chi connectivity index (χ1v) is 10.1. The summed E-state index contributed by atoms with van der Waals surface area (Å²) in [6.45, 7) is 0. The molecule has 3 aromatic heterocycles. The molecule has 166 valence electrons. The van der Waals surface area contributed by atoms with Crippen LogP contribution in [-0.2, 0) is 0 Å². The Morgan fingerprint density at radius 2 is 1.64 bits per heavy atom. The molecule has 0 saturated heterocycles. The zero-order valence-electron chi connectivity index (χ0n) is 18.2. The largest absolute Gasteiger partial charge is 0.493 e. The minimum absolute atomic E-state index is 0.396. The van der Waals surface area contributed by atoms with Crippen LogP contribution in [0, 0.1) is 0 Å². The van der Waals surface area contributed by atoms with Gasteiger partial charge < -0.3 is 29.8 Å². The fourth-order valence-corrected chi connectivity index (χ4v) is 3.55. The average molecular weight is 443 g/mol. The third kappa shape index (κ3) is 3.89. The number of ether oxygens (including phenoxy) is 3. The molecule has 0 bridgehead atoms. The van der Waals surface area contributed by atoms with Crippen LogP contribution in [0.15, 0.2) is 55.0 Å². The highest BCUT2D eigenvalue weighted by atomic mass is 16.5. The minimum Gasteiger partial charge on any atom is -0.493 e. The lowest BCUT2D eigenvalue weighted by atomic mass is 10.2. The number of anilines is 4. The second-order valence-corrected chi connectivity index (χ2v) is 7.07. The molecule has 0 fully saturated rings. The molecule has 10 heteroatoms. The zero-order valence-corrected chi connectivity index (χ0v) is 18.2. The van der Waals surface area contributed by atoms with Crippen LogP contribution in [-0.4, -0.2) is 46.2 Å². The second-order valence-electron chi connectivity index (χ2n) is 7.07. The summed E-state index contributed by atoms with van der Waals surface area (Å²) in [5, 5.41) is 7.57. The second kappa shape index (κ2) is 8.50. The van der Waals surface area contributed by atoms with Crippen molar-refractivity contribution in [1.82, 2.24) is 24.9 Å². The predicted molar refractivity (Wildman–Crippen MR) is 126 cm³/mol.